The van der Waals surface area contributed by atoms with Gasteiger partial charge in [-0.2, -0.15) is 0 Å². The molecular formula is C24H32IN3O5S. The number of hydrogen-bond acceptors (Lipinski definition) is 5. The van der Waals surface area contributed by atoms with E-state index in [1.165, 1.54) is 4.90 Å². The van der Waals surface area contributed by atoms with E-state index in [0.717, 1.165) is 26.1 Å². The van der Waals surface area contributed by atoms with E-state index in [-0.39, 0.29) is 18.5 Å². The quantitative estimate of drug-likeness (QED) is 0.399. The van der Waals surface area contributed by atoms with Gasteiger partial charge in [-0.3, -0.25) is 13.9 Å². The van der Waals surface area contributed by atoms with Gasteiger partial charge in [0.15, 0.2) is 0 Å². The fraction of sp³-hybridized carbons (Fsp3) is 0.417. The molecule has 0 unspecified atom stereocenters. The van der Waals surface area contributed by atoms with Gasteiger partial charge in [0.25, 0.3) is 0 Å². The van der Waals surface area contributed by atoms with E-state index >= 15 is 0 Å². The second-order valence-corrected chi connectivity index (χ2v) is 11.3. The molecule has 0 aromatic heterocycles. The average molecular weight is 602 g/mol. The Balaban J connectivity index is 2.39. The van der Waals surface area contributed by atoms with Gasteiger partial charge in [0.1, 0.15) is 18.3 Å². The minimum atomic E-state index is -3.75. The molecule has 1 N–H and O–H groups in total. The van der Waals surface area contributed by atoms with Gasteiger partial charge in [0.2, 0.25) is 21.8 Å². The summed E-state index contributed by atoms with van der Waals surface area (Å²) in [5, 5.41) is 2.90. The first-order chi connectivity index (χ1) is 16.0. The number of hydrogen-bond donors (Lipinski definition) is 1. The van der Waals surface area contributed by atoms with Gasteiger partial charge in [-0.1, -0.05) is 19.1 Å². The minimum absolute atomic E-state index is 0.0527. The van der Waals surface area contributed by atoms with Crippen molar-refractivity contribution in [3.63, 3.8) is 0 Å². The van der Waals surface area contributed by atoms with Crippen LogP contribution >= 0.6 is 22.6 Å². The van der Waals surface area contributed by atoms with E-state index < -0.39 is 28.5 Å². The third-order valence-electron chi connectivity index (χ3n) is 5.45. The van der Waals surface area contributed by atoms with Gasteiger partial charge in [-0.05, 0) is 84.8 Å². The first-order valence-corrected chi connectivity index (χ1v) is 13.8. The van der Waals surface area contributed by atoms with Crippen molar-refractivity contribution in [3.05, 3.63) is 57.7 Å². The lowest BCUT2D eigenvalue weighted by Gasteiger charge is -2.32. The summed E-state index contributed by atoms with van der Waals surface area (Å²) >= 11 is 2.13. The Morgan fingerprint density at radius 1 is 1.12 bits per heavy atom. The third kappa shape index (κ3) is 7.86. The van der Waals surface area contributed by atoms with E-state index in [2.05, 4.69) is 27.9 Å². The van der Waals surface area contributed by atoms with Crippen LogP contribution in [0.15, 0.2) is 48.5 Å². The van der Waals surface area contributed by atoms with Crippen LogP contribution in [0, 0.1) is 3.57 Å². The maximum absolute atomic E-state index is 13.5. The molecule has 0 heterocycles. The van der Waals surface area contributed by atoms with Crippen molar-refractivity contribution in [3.8, 4) is 5.75 Å². The lowest BCUT2D eigenvalue weighted by atomic mass is 10.1. The van der Waals surface area contributed by atoms with E-state index in [9.17, 15) is 18.0 Å². The van der Waals surface area contributed by atoms with Crippen LogP contribution in [0.3, 0.4) is 0 Å². The number of nitrogens with zero attached hydrogens (tertiary/aromatic N) is 2. The summed E-state index contributed by atoms with van der Waals surface area (Å²) in [4.78, 5) is 27.8. The summed E-state index contributed by atoms with van der Waals surface area (Å²) in [6, 6.07) is 13.2. The molecule has 2 atom stereocenters. The molecule has 2 rings (SSSR count). The number of methoxy groups -OCH3 is 1. The van der Waals surface area contributed by atoms with Crippen molar-refractivity contribution >= 4 is 50.1 Å². The molecule has 186 valence electrons. The fourth-order valence-electron chi connectivity index (χ4n) is 3.24. The average Bonchev–Trinajstić information content (AvgIpc) is 2.80. The van der Waals surface area contributed by atoms with Crippen LogP contribution in [0.5, 0.6) is 5.75 Å². The Bertz CT molecular complexity index is 1090. The third-order valence-corrected chi connectivity index (χ3v) is 7.31. The highest BCUT2D eigenvalue weighted by molar-refractivity contribution is 14.1. The van der Waals surface area contributed by atoms with Crippen molar-refractivity contribution in [1.82, 2.24) is 10.2 Å². The minimum Gasteiger partial charge on any atom is -0.497 e. The molecule has 0 fully saturated rings. The molecule has 0 aliphatic carbocycles. The smallest absolute Gasteiger partial charge is 0.244 e. The zero-order chi connectivity index (χ0) is 25.5. The highest BCUT2D eigenvalue weighted by Gasteiger charge is 2.30. The van der Waals surface area contributed by atoms with Crippen molar-refractivity contribution < 1.29 is 22.7 Å². The number of anilines is 1. The molecule has 34 heavy (non-hydrogen) atoms. The van der Waals surface area contributed by atoms with Gasteiger partial charge in [0.05, 0.1) is 19.1 Å². The van der Waals surface area contributed by atoms with Gasteiger partial charge in [0, 0.05) is 16.2 Å². The largest absolute Gasteiger partial charge is 0.497 e. The Labute approximate surface area is 215 Å². The van der Waals surface area contributed by atoms with Crippen LogP contribution in [-0.2, 0) is 26.2 Å². The molecule has 0 bridgehead atoms. The van der Waals surface area contributed by atoms with Gasteiger partial charge in [-0.25, -0.2) is 8.42 Å². The van der Waals surface area contributed by atoms with Crippen LogP contribution in [0.1, 0.15) is 32.8 Å². The van der Waals surface area contributed by atoms with Gasteiger partial charge < -0.3 is 15.0 Å². The second kappa shape index (κ2) is 12.4. The molecule has 2 aromatic carbocycles. The van der Waals surface area contributed by atoms with Crippen molar-refractivity contribution in [1.29, 1.82) is 0 Å². The van der Waals surface area contributed by atoms with E-state index in [1.54, 1.807) is 56.5 Å². The number of sulfonamides is 1. The van der Waals surface area contributed by atoms with Crippen molar-refractivity contribution in [2.24, 2.45) is 0 Å². The summed E-state index contributed by atoms with van der Waals surface area (Å²) < 4.78 is 32.4. The first kappa shape index (κ1) is 27.9. The number of ether oxygens (including phenoxy) is 1. The lowest BCUT2D eigenvalue weighted by Crippen LogP contribution is -2.52. The Morgan fingerprint density at radius 3 is 2.32 bits per heavy atom. The second-order valence-electron chi connectivity index (χ2n) is 8.11. The lowest BCUT2D eigenvalue weighted by molar-refractivity contribution is -0.139. The zero-order valence-corrected chi connectivity index (χ0v) is 23.1. The van der Waals surface area contributed by atoms with Crippen LogP contribution in [0.4, 0.5) is 5.69 Å². The highest BCUT2D eigenvalue weighted by Crippen LogP contribution is 2.21. The molecule has 0 aliphatic rings. The van der Waals surface area contributed by atoms with Crippen LogP contribution in [0.25, 0.3) is 0 Å². The molecule has 0 aliphatic heterocycles. The van der Waals surface area contributed by atoms with E-state index in [0.29, 0.717) is 11.4 Å². The van der Waals surface area contributed by atoms with E-state index in [4.69, 9.17) is 4.74 Å². The number of carbonyl (C=O) groups is 2. The highest BCUT2D eigenvalue weighted by atomic mass is 127. The van der Waals surface area contributed by atoms with Crippen molar-refractivity contribution in [2.45, 2.75) is 45.8 Å². The Hall–Kier alpha value is -2.34. The predicted molar refractivity (Wildman–Crippen MR) is 142 cm³/mol. The summed E-state index contributed by atoms with van der Waals surface area (Å²) in [6.07, 6.45) is 1.81. The zero-order valence-electron chi connectivity index (χ0n) is 20.1. The van der Waals surface area contributed by atoms with Crippen LogP contribution in [-0.4, -0.2) is 57.1 Å². The molecule has 0 radical (unpaired) electrons. The predicted octanol–water partition coefficient (Wildman–Crippen LogP) is 3.40. The van der Waals surface area contributed by atoms with E-state index in [1.807, 2.05) is 19.9 Å². The molecule has 0 saturated heterocycles. The first-order valence-electron chi connectivity index (χ1n) is 10.9. The molecule has 10 heteroatoms. The molecular weight excluding hydrogens is 569 g/mol. The summed E-state index contributed by atoms with van der Waals surface area (Å²) in [7, 11) is -2.20. The van der Waals surface area contributed by atoms with Gasteiger partial charge in [-0.15, -0.1) is 0 Å². The Morgan fingerprint density at radius 2 is 1.76 bits per heavy atom. The monoisotopic (exact) mass is 601 g/mol. The molecule has 2 aromatic rings. The summed E-state index contributed by atoms with van der Waals surface area (Å²) in [5.74, 6) is -0.164. The van der Waals surface area contributed by atoms with Gasteiger partial charge >= 0.3 is 0 Å². The maximum atomic E-state index is 13.5. The summed E-state index contributed by atoms with van der Waals surface area (Å²) in [6.45, 7) is 5.19. The molecule has 0 spiro atoms. The van der Waals surface area contributed by atoms with Crippen LogP contribution < -0.4 is 14.4 Å². The number of halogens is 1. The number of nitrogens with one attached hydrogen (secondary N) is 1. The molecule has 8 nitrogen and oxygen atoms in total. The fourth-order valence-corrected chi connectivity index (χ4v) is 4.45. The SMILES string of the molecule is CC[C@H](C)NC(=O)[C@H](C)N(Cc1cccc(OC)c1)C(=O)CN(c1ccc(I)cc1)S(C)(=O)=O. The number of carbonyl (C=O) groups excluding carboxylic acids is 2. The number of benzene rings is 2. The van der Waals surface area contributed by atoms with Crippen molar-refractivity contribution in [2.75, 3.05) is 24.2 Å². The normalized spacial score (nSPS) is 13.0. The molecule has 2 amide bonds. The number of rotatable bonds is 11. The Kier molecular flexibility index (Phi) is 10.2. The maximum Gasteiger partial charge on any atom is 0.244 e. The summed E-state index contributed by atoms with van der Waals surface area (Å²) in [5.41, 5.74) is 1.14. The topological polar surface area (TPSA) is 96.0 Å². The molecule has 0 saturated carbocycles. The standard InChI is InChI=1S/C24H32IN3O5S/c1-6-17(2)26-24(30)18(3)27(15-19-8-7-9-22(14-19)33-4)23(29)16-28(34(5,31)32)21-12-10-20(25)11-13-21/h7-14,17-18H,6,15-16H2,1-5H3,(H,26,30)/t17-,18-/m0/s1. The van der Waals surface area contributed by atoms with Crippen LogP contribution in [0.2, 0.25) is 0 Å². The number of amides is 2.